The number of aliphatic carboxylic acids is 1. The molecule has 4 unspecified atom stereocenters. The largest absolute Gasteiger partial charge is 0.481 e. The molecular weight excluding hydrogens is 364 g/mol. The zero-order valence-electron chi connectivity index (χ0n) is 18.4. The van der Waals surface area contributed by atoms with Crippen LogP contribution in [0.2, 0.25) is 0 Å². The highest BCUT2D eigenvalue weighted by Crippen LogP contribution is 2.52. The molecule has 29 heavy (non-hydrogen) atoms. The number of carboxylic acid groups (broad SMARTS) is 1. The minimum absolute atomic E-state index is 0.00347. The van der Waals surface area contributed by atoms with Crippen molar-refractivity contribution in [2.24, 2.45) is 34.5 Å². The highest BCUT2D eigenvalue weighted by Gasteiger charge is 2.48. The summed E-state index contributed by atoms with van der Waals surface area (Å²) in [6.07, 6.45) is 20.2. The van der Waals surface area contributed by atoms with Crippen LogP contribution in [-0.4, -0.2) is 24.2 Å². The Morgan fingerprint density at radius 3 is 1.66 bits per heavy atom. The third-order valence-electron chi connectivity index (χ3n) is 8.08. The fraction of sp³-hybridized carbons (Fsp3) is 0.760. The van der Waals surface area contributed by atoms with Crippen LogP contribution in [0.1, 0.15) is 78.1 Å². The molecule has 0 aromatic heterocycles. The maximum absolute atomic E-state index is 11.9. The van der Waals surface area contributed by atoms with Gasteiger partial charge in [-0.1, -0.05) is 63.8 Å². The van der Waals surface area contributed by atoms with E-state index in [-0.39, 0.29) is 28.6 Å². The van der Waals surface area contributed by atoms with Crippen molar-refractivity contribution in [1.82, 2.24) is 0 Å². The fourth-order valence-electron chi connectivity index (χ4n) is 6.75. The first-order chi connectivity index (χ1) is 13.9. The molecule has 2 fully saturated rings. The normalized spacial score (nSPS) is 34.0. The molecule has 0 bridgehead atoms. The molecule has 4 rings (SSSR count). The predicted molar refractivity (Wildman–Crippen MR) is 114 cm³/mol. The van der Waals surface area contributed by atoms with E-state index in [2.05, 4.69) is 38.2 Å². The number of allylic oxidation sites excluding steroid dienone is 4. The predicted octanol–water partition coefficient (Wildman–Crippen LogP) is 5.78. The van der Waals surface area contributed by atoms with Gasteiger partial charge in [0.15, 0.2) is 0 Å². The van der Waals surface area contributed by atoms with E-state index in [1.165, 1.54) is 32.8 Å². The lowest BCUT2D eigenvalue weighted by Gasteiger charge is -2.39. The van der Waals surface area contributed by atoms with Crippen LogP contribution in [0.5, 0.6) is 0 Å². The molecule has 0 saturated heterocycles. The van der Waals surface area contributed by atoms with Crippen molar-refractivity contribution in [3.05, 3.63) is 24.3 Å². The highest BCUT2D eigenvalue weighted by molar-refractivity contribution is 5.74. The molecule has 2 saturated carbocycles. The van der Waals surface area contributed by atoms with E-state index in [1.54, 1.807) is 0 Å². The van der Waals surface area contributed by atoms with E-state index in [0.29, 0.717) is 11.8 Å². The number of carbonyl (C=O) groups excluding carboxylic acids is 1. The van der Waals surface area contributed by atoms with Gasteiger partial charge < -0.3 is 9.84 Å². The summed E-state index contributed by atoms with van der Waals surface area (Å²) in [5, 5.41) is 9.30. The van der Waals surface area contributed by atoms with E-state index < -0.39 is 5.97 Å². The van der Waals surface area contributed by atoms with E-state index in [1.807, 2.05) is 0 Å². The smallest absolute Gasteiger partial charge is 0.309 e. The van der Waals surface area contributed by atoms with Gasteiger partial charge in [-0.3, -0.25) is 9.59 Å². The number of carbonyl (C=O) groups is 2. The lowest BCUT2D eigenvalue weighted by Crippen LogP contribution is -2.39. The molecule has 4 aliphatic carbocycles. The monoisotopic (exact) mass is 402 g/mol. The summed E-state index contributed by atoms with van der Waals surface area (Å²) >= 11 is 0. The highest BCUT2D eigenvalue weighted by atomic mass is 16.5. The molecule has 0 aliphatic heterocycles. The topological polar surface area (TPSA) is 63.6 Å². The van der Waals surface area contributed by atoms with Crippen LogP contribution in [0.25, 0.3) is 0 Å². The SMILES string of the molecule is CC1CC=CC2(CCCC2)C1C(=O)O.COC(=O)C1C(C)CC=CC12CCCC2. The van der Waals surface area contributed by atoms with Crippen LogP contribution in [0.4, 0.5) is 0 Å². The molecule has 0 amide bonds. The number of methoxy groups -OCH3 is 1. The Kier molecular flexibility index (Phi) is 6.90. The summed E-state index contributed by atoms with van der Waals surface area (Å²) in [7, 11) is 1.51. The van der Waals surface area contributed by atoms with Crippen LogP contribution in [-0.2, 0) is 14.3 Å². The number of ether oxygens (including phenoxy) is 1. The number of hydrogen-bond acceptors (Lipinski definition) is 3. The molecule has 0 aromatic rings. The minimum atomic E-state index is -0.594. The summed E-state index contributed by atoms with van der Waals surface area (Å²) in [6, 6.07) is 0. The van der Waals surface area contributed by atoms with E-state index in [4.69, 9.17) is 4.74 Å². The molecule has 4 heteroatoms. The number of hydrogen-bond donors (Lipinski definition) is 1. The second-order valence-electron chi connectivity index (χ2n) is 9.93. The van der Waals surface area contributed by atoms with Gasteiger partial charge in [0.05, 0.1) is 18.9 Å². The van der Waals surface area contributed by atoms with Crippen LogP contribution in [0.15, 0.2) is 24.3 Å². The molecule has 0 radical (unpaired) electrons. The van der Waals surface area contributed by atoms with Gasteiger partial charge in [0.1, 0.15) is 0 Å². The van der Waals surface area contributed by atoms with Gasteiger partial charge >= 0.3 is 11.9 Å². The molecule has 1 N–H and O–H groups in total. The molecule has 0 heterocycles. The molecular formula is C25H38O4. The summed E-state index contributed by atoms with van der Waals surface area (Å²) in [4.78, 5) is 23.2. The molecule has 2 spiro atoms. The molecule has 4 aliphatic rings. The first-order valence-electron chi connectivity index (χ1n) is 11.5. The van der Waals surface area contributed by atoms with Gasteiger partial charge in [0.2, 0.25) is 0 Å². The average molecular weight is 403 g/mol. The second kappa shape index (κ2) is 9.06. The van der Waals surface area contributed by atoms with Gasteiger partial charge in [-0.15, -0.1) is 0 Å². The van der Waals surface area contributed by atoms with Crippen molar-refractivity contribution < 1.29 is 19.4 Å². The van der Waals surface area contributed by atoms with Crippen molar-refractivity contribution in [1.29, 1.82) is 0 Å². The maximum atomic E-state index is 11.9. The Hall–Kier alpha value is -1.58. The Morgan fingerprint density at radius 2 is 1.24 bits per heavy atom. The Labute approximate surface area is 175 Å². The molecule has 4 nitrogen and oxygen atoms in total. The lowest BCUT2D eigenvalue weighted by molar-refractivity contribution is -0.152. The van der Waals surface area contributed by atoms with Gasteiger partial charge in [-0.2, -0.15) is 0 Å². The summed E-state index contributed by atoms with van der Waals surface area (Å²) in [6.45, 7) is 4.24. The van der Waals surface area contributed by atoms with Crippen molar-refractivity contribution >= 4 is 11.9 Å². The van der Waals surface area contributed by atoms with Crippen LogP contribution in [0, 0.1) is 34.5 Å². The summed E-state index contributed by atoms with van der Waals surface area (Å²) < 4.78 is 4.97. The van der Waals surface area contributed by atoms with Crippen molar-refractivity contribution in [2.75, 3.05) is 7.11 Å². The summed E-state index contributed by atoms with van der Waals surface area (Å²) in [5.74, 6) is 0.0821. The Balaban J connectivity index is 0.000000166. The van der Waals surface area contributed by atoms with E-state index in [9.17, 15) is 14.7 Å². The average Bonchev–Trinajstić information content (AvgIpc) is 3.32. The van der Waals surface area contributed by atoms with E-state index in [0.717, 1.165) is 38.5 Å². The minimum Gasteiger partial charge on any atom is -0.481 e. The number of esters is 1. The zero-order chi connectivity index (χ0) is 21.1. The maximum Gasteiger partial charge on any atom is 0.309 e. The van der Waals surface area contributed by atoms with Crippen LogP contribution >= 0.6 is 0 Å². The number of carboxylic acids is 1. The quantitative estimate of drug-likeness (QED) is 0.470. The molecule has 4 atom stereocenters. The van der Waals surface area contributed by atoms with Crippen molar-refractivity contribution in [3.8, 4) is 0 Å². The van der Waals surface area contributed by atoms with Gasteiger partial charge in [0, 0.05) is 10.8 Å². The second-order valence-corrected chi connectivity index (χ2v) is 9.93. The van der Waals surface area contributed by atoms with Crippen LogP contribution in [0.3, 0.4) is 0 Å². The fourth-order valence-corrected chi connectivity index (χ4v) is 6.75. The summed E-state index contributed by atoms with van der Waals surface area (Å²) in [5.41, 5.74) is 0.133. The Morgan fingerprint density at radius 1 is 0.828 bits per heavy atom. The molecule has 162 valence electrons. The first kappa shape index (κ1) is 22.1. The Bertz CT molecular complexity index is 650. The zero-order valence-corrected chi connectivity index (χ0v) is 18.4. The van der Waals surface area contributed by atoms with Crippen molar-refractivity contribution in [2.45, 2.75) is 78.1 Å². The van der Waals surface area contributed by atoms with Crippen molar-refractivity contribution in [3.63, 3.8) is 0 Å². The van der Waals surface area contributed by atoms with Crippen LogP contribution < -0.4 is 0 Å². The van der Waals surface area contributed by atoms with Gasteiger partial charge in [-0.25, -0.2) is 0 Å². The van der Waals surface area contributed by atoms with Gasteiger partial charge in [-0.05, 0) is 50.4 Å². The first-order valence-corrected chi connectivity index (χ1v) is 11.5. The van der Waals surface area contributed by atoms with E-state index >= 15 is 0 Å². The lowest BCUT2D eigenvalue weighted by atomic mass is 9.64. The standard InChI is InChI=1S/C13H20O2.C12H18O2/c1-10-6-5-9-13(7-3-4-8-13)11(10)12(14)15-2;1-9-5-4-8-12(6-2-3-7-12)10(9)11(13)14/h5,9-11H,3-4,6-8H2,1-2H3;4,8-10H,2-3,5-7H2,1H3,(H,13,14). The molecule has 0 aromatic carbocycles. The number of rotatable bonds is 2. The third-order valence-corrected chi connectivity index (χ3v) is 8.08. The van der Waals surface area contributed by atoms with Gasteiger partial charge in [0.25, 0.3) is 0 Å². The third kappa shape index (κ3) is 4.32.